The van der Waals surface area contributed by atoms with E-state index in [0.29, 0.717) is 17.8 Å². The van der Waals surface area contributed by atoms with Crippen LogP contribution in [0.1, 0.15) is 10.4 Å². The number of rotatable bonds is 3. The van der Waals surface area contributed by atoms with Crippen LogP contribution in [-0.2, 0) is 6.54 Å². The quantitative estimate of drug-likeness (QED) is 0.861. The van der Waals surface area contributed by atoms with E-state index in [9.17, 15) is 4.39 Å². The Morgan fingerprint density at radius 1 is 1.39 bits per heavy atom. The Morgan fingerprint density at radius 3 is 2.72 bits per heavy atom. The van der Waals surface area contributed by atoms with Crippen LogP contribution in [0.3, 0.4) is 0 Å². The Labute approximate surface area is 115 Å². The molecule has 0 radical (unpaired) electrons. The minimum atomic E-state index is -0.274. The molecule has 0 bridgehead atoms. The van der Waals surface area contributed by atoms with Gasteiger partial charge in [0, 0.05) is 11.9 Å². The Morgan fingerprint density at radius 2 is 2.11 bits per heavy atom. The standard InChI is InChI=1S/C13H14ClFN2S/c1-8-5-12(11(16)6-10(8)15)17(2)7-9-3-4-13(14)18-9/h3-6H,7,16H2,1-2H3. The maximum absolute atomic E-state index is 13.3. The summed E-state index contributed by atoms with van der Waals surface area (Å²) in [5, 5.41) is 0. The van der Waals surface area contributed by atoms with Crippen LogP contribution < -0.4 is 10.6 Å². The lowest BCUT2D eigenvalue weighted by atomic mass is 10.1. The van der Waals surface area contributed by atoms with Gasteiger partial charge in [0.25, 0.3) is 0 Å². The summed E-state index contributed by atoms with van der Waals surface area (Å²) in [5.74, 6) is -0.274. The monoisotopic (exact) mass is 284 g/mol. The van der Waals surface area contributed by atoms with Gasteiger partial charge in [-0.3, -0.25) is 0 Å². The summed E-state index contributed by atoms with van der Waals surface area (Å²) < 4.78 is 14.1. The van der Waals surface area contributed by atoms with Gasteiger partial charge in [-0.25, -0.2) is 4.39 Å². The molecule has 2 aromatic rings. The van der Waals surface area contributed by atoms with E-state index in [2.05, 4.69) is 0 Å². The number of hydrogen-bond acceptors (Lipinski definition) is 3. The zero-order chi connectivity index (χ0) is 13.3. The van der Waals surface area contributed by atoms with Crippen LogP contribution >= 0.6 is 22.9 Å². The molecule has 0 saturated carbocycles. The molecule has 2 nitrogen and oxygen atoms in total. The van der Waals surface area contributed by atoms with Gasteiger partial charge in [0.2, 0.25) is 0 Å². The molecule has 1 aromatic heterocycles. The molecular formula is C13H14ClFN2S. The molecule has 0 saturated heterocycles. The lowest BCUT2D eigenvalue weighted by molar-refractivity contribution is 0.619. The van der Waals surface area contributed by atoms with Gasteiger partial charge in [-0.15, -0.1) is 11.3 Å². The lowest BCUT2D eigenvalue weighted by Crippen LogP contribution is -2.17. The Balaban J connectivity index is 2.23. The Kier molecular flexibility index (Phi) is 3.78. The second-order valence-electron chi connectivity index (χ2n) is 4.22. The van der Waals surface area contributed by atoms with E-state index in [4.69, 9.17) is 17.3 Å². The fourth-order valence-electron chi connectivity index (χ4n) is 1.77. The second-order valence-corrected chi connectivity index (χ2v) is 6.02. The van der Waals surface area contributed by atoms with Gasteiger partial charge in [-0.2, -0.15) is 0 Å². The number of thiophene rings is 1. The molecule has 0 amide bonds. The van der Waals surface area contributed by atoms with Crippen LogP contribution in [0.25, 0.3) is 0 Å². The van der Waals surface area contributed by atoms with E-state index >= 15 is 0 Å². The minimum absolute atomic E-state index is 0.274. The third-order valence-corrected chi connectivity index (χ3v) is 3.96. The fourth-order valence-corrected chi connectivity index (χ4v) is 2.91. The highest BCUT2D eigenvalue weighted by Gasteiger charge is 2.10. The van der Waals surface area contributed by atoms with E-state index in [-0.39, 0.29) is 5.82 Å². The number of hydrogen-bond donors (Lipinski definition) is 1. The SMILES string of the molecule is Cc1cc(N(C)Cc2ccc(Cl)s2)c(N)cc1F. The van der Waals surface area contributed by atoms with Crippen molar-refractivity contribution in [2.24, 2.45) is 0 Å². The fraction of sp³-hybridized carbons (Fsp3) is 0.231. The van der Waals surface area contributed by atoms with E-state index in [1.165, 1.54) is 17.4 Å². The number of nitrogens with zero attached hydrogens (tertiary/aromatic N) is 1. The molecule has 0 aliphatic heterocycles. The first kappa shape index (κ1) is 13.2. The van der Waals surface area contributed by atoms with Crippen molar-refractivity contribution in [1.82, 2.24) is 0 Å². The van der Waals surface area contributed by atoms with Gasteiger partial charge in [0.1, 0.15) is 5.82 Å². The Hall–Kier alpha value is -1.26. The summed E-state index contributed by atoms with van der Waals surface area (Å²) in [4.78, 5) is 3.13. The molecule has 96 valence electrons. The van der Waals surface area contributed by atoms with Crippen molar-refractivity contribution in [2.75, 3.05) is 17.7 Å². The summed E-state index contributed by atoms with van der Waals surface area (Å²) >= 11 is 7.43. The highest BCUT2D eigenvalue weighted by Crippen LogP contribution is 2.29. The largest absolute Gasteiger partial charge is 0.397 e. The smallest absolute Gasteiger partial charge is 0.128 e. The van der Waals surface area contributed by atoms with Crippen molar-refractivity contribution >= 4 is 34.3 Å². The van der Waals surface area contributed by atoms with E-state index < -0.39 is 0 Å². The van der Waals surface area contributed by atoms with Gasteiger partial charge in [0.15, 0.2) is 0 Å². The molecule has 0 spiro atoms. The van der Waals surface area contributed by atoms with Crippen LogP contribution in [0, 0.1) is 12.7 Å². The number of nitrogen functional groups attached to an aromatic ring is 1. The maximum Gasteiger partial charge on any atom is 0.128 e. The predicted octanol–water partition coefficient (Wildman–Crippen LogP) is 4.07. The molecule has 18 heavy (non-hydrogen) atoms. The summed E-state index contributed by atoms with van der Waals surface area (Å²) in [5.41, 5.74) is 7.72. The van der Waals surface area contributed by atoms with Crippen molar-refractivity contribution in [3.8, 4) is 0 Å². The van der Waals surface area contributed by atoms with E-state index in [0.717, 1.165) is 14.9 Å². The first-order valence-corrected chi connectivity index (χ1v) is 6.68. The highest BCUT2D eigenvalue weighted by molar-refractivity contribution is 7.16. The summed E-state index contributed by atoms with van der Waals surface area (Å²) in [6, 6.07) is 6.98. The second kappa shape index (κ2) is 5.16. The first-order valence-electron chi connectivity index (χ1n) is 5.48. The average Bonchev–Trinajstić information content (AvgIpc) is 2.69. The molecule has 0 aliphatic carbocycles. The van der Waals surface area contributed by atoms with Crippen LogP contribution in [-0.4, -0.2) is 7.05 Å². The van der Waals surface area contributed by atoms with Gasteiger partial charge >= 0.3 is 0 Å². The van der Waals surface area contributed by atoms with Gasteiger partial charge in [-0.05, 0) is 36.8 Å². The Bertz CT molecular complexity index is 568. The zero-order valence-corrected chi connectivity index (χ0v) is 11.8. The summed E-state index contributed by atoms with van der Waals surface area (Å²) in [6.07, 6.45) is 0. The van der Waals surface area contributed by atoms with Gasteiger partial charge < -0.3 is 10.6 Å². The number of anilines is 2. The number of halogens is 2. The molecule has 0 unspecified atom stereocenters. The van der Waals surface area contributed by atoms with E-state index in [1.807, 2.05) is 24.1 Å². The van der Waals surface area contributed by atoms with Gasteiger partial charge in [0.05, 0.1) is 22.3 Å². The van der Waals surface area contributed by atoms with Gasteiger partial charge in [-0.1, -0.05) is 11.6 Å². The molecule has 5 heteroatoms. The minimum Gasteiger partial charge on any atom is -0.397 e. The van der Waals surface area contributed by atoms with Crippen molar-refractivity contribution < 1.29 is 4.39 Å². The third kappa shape index (κ3) is 2.76. The van der Waals surface area contributed by atoms with Crippen LogP contribution in [0.5, 0.6) is 0 Å². The number of benzene rings is 1. The van der Waals surface area contributed by atoms with Crippen molar-refractivity contribution in [1.29, 1.82) is 0 Å². The molecule has 0 atom stereocenters. The zero-order valence-electron chi connectivity index (χ0n) is 10.2. The summed E-state index contributed by atoms with van der Waals surface area (Å²) in [6.45, 7) is 2.43. The van der Waals surface area contributed by atoms with Crippen LogP contribution in [0.4, 0.5) is 15.8 Å². The molecular weight excluding hydrogens is 271 g/mol. The lowest BCUT2D eigenvalue weighted by Gasteiger charge is -2.21. The molecule has 2 N–H and O–H groups in total. The van der Waals surface area contributed by atoms with Crippen molar-refractivity contribution in [3.05, 3.63) is 44.9 Å². The topological polar surface area (TPSA) is 29.3 Å². The summed E-state index contributed by atoms with van der Waals surface area (Å²) in [7, 11) is 1.93. The van der Waals surface area contributed by atoms with E-state index in [1.54, 1.807) is 13.0 Å². The van der Waals surface area contributed by atoms with Crippen LogP contribution in [0.2, 0.25) is 4.34 Å². The molecule has 0 fully saturated rings. The molecule has 1 aromatic carbocycles. The first-order chi connectivity index (χ1) is 8.47. The van der Waals surface area contributed by atoms with Crippen LogP contribution in [0.15, 0.2) is 24.3 Å². The molecule has 1 heterocycles. The van der Waals surface area contributed by atoms with Crippen molar-refractivity contribution in [3.63, 3.8) is 0 Å². The average molecular weight is 285 g/mol. The van der Waals surface area contributed by atoms with Crippen molar-refractivity contribution in [2.45, 2.75) is 13.5 Å². The third-order valence-electron chi connectivity index (χ3n) is 2.74. The number of aryl methyl sites for hydroxylation is 1. The maximum atomic E-state index is 13.3. The number of nitrogens with two attached hydrogens (primary N) is 1. The molecule has 2 rings (SSSR count). The predicted molar refractivity (Wildman–Crippen MR) is 77.0 cm³/mol. The normalized spacial score (nSPS) is 10.7. The molecule has 0 aliphatic rings. The highest BCUT2D eigenvalue weighted by atomic mass is 35.5.